The van der Waals surface area contributed by atoms with Crippen LogP contribution in [0.2, 0.25) is 16.6 Å². The number of nitrogens with zero attached hydrogens (tertiary/aromatic N) is 2. The van der Waals surface area contributed by atoms with E-state index in [-0.39, 0.29) is 60.3 Å². The number of esters is 1. The van der Waals surface area contributed by atoms with Crippen LogP contribution in [-0.4, -0.2) is 60.7 Å². The van der Waals surface area contributed by atoms with Gasteiger partial charge in [0.1, 0.15) is 12.5 Å². The minimum absolute atomic E-state index is 0.00861. The van der Waals surface area contributed by atoms with E-state index in [1.54, 1.807) is 6.92 Å². The molecule has 0 aliphatic heterocycles. The summed E-state index contributed by atoms with van der Waals surface area (Å²) >= 11 is 0. The molecule has 13 nitrogen and oxygen atoms in total. The fourth-order valence-corrected chi connectivity index (χ4v) is 11.6. The summed E-state index contributed by atoms with van der Waals surface area (Å²) in [5.41, 5.74) is 1.12. The van der Waals surface area contributed by atoms with Gasteiger partial charge < -0.3 is 23.0 Å². The number of pyridine rings is 1. The molecule has 47 heavy (non-hydrogen) atoms. The molecule has 3 heterocycles. The molecule has 256 valence electrons. The Balaban J connectivity index is 0.00000246. The van der Waals surface area contributed by atoms with Crippen molar-refractivity contribution in [2.45, 2.75) is 103 Å². The fraction of sp³-hybridized carbons (Fsp3) is 0.545. The van der Waals surface area contributed by atoms with Crippen molar-refractivity contribution in [1.29, 1.82) is 0 Å². The average molecular weight is 672 g/mol. The number of oxazole rings is 2. The molecule has 3 rings (SSSR count). The van der Waals surface area contributed by atoms with Gasteiger partial charge in [0.05, 0.1) is 30.1 Å². The Hall–Kier alpha value is -4.26. The highest BCUT2D eigenvalue weighted by molar-refractivity contribution is 6.77. The zero-order valence-electron chi connectivity index (χ0n) is 28.5. The molecule has 0 radical (unpaired) electrons. The van der Waals surface area contributed by atoms with Gasteiger partial charge in [0, 0.05) is 37.5 Å². The zero-order chi connectivity index (χ0) is 35.5. The van der Waals surface area contributed by atoms with Crippen molar-refractivity contribution < 1.29 is 42.0 Å². The number of Topliss-reactive ketones (excluding diaryl/α,β-unsaturated/α-hetero) is 2. The first-order chi connectivity index (χ1) is 22.1. The van der Waals surface area contributed by atoms with Gasteiger partial charge in [-0.25, -0.2) is 14.8 Å². The normalized spacial score (nSPS) is 12.8. The molecule has 0 bridgehead atoms. The largest absolute Gasteiger partial charge is 0.464 e. The first-order valence-corrected chi connectivity index (χ1v) is 17.7. The summed E-state index contributed by atoms with van der Waals surface area (Å²) in [5, 5.41) is 0. The molecule has 0 aliphatic rings. The van der Waals surface area contributed by atoms with E-state index in [4.69, 9.17) is 27.6 Å². The predicted molar refractivity (Wildman–Crippen MR) is 172 cm³/mol. The van der Waals surface area contributed by atoms with Crippen LogP contribution in [0.4, 0.5) is 0 Å². The van der Waals surface area contributed by atoms with Crippen LogP contribution in [0.3, 0.4) is 0 Å². The molecule has 0 fully saturated rings. The molecule has 0 saturated carbocycles. The molecule has 1 N–H and O–H groups in total. The van der Waals surface area contributed by atoms with E-state index in [0.717, 1.165) is 0 Å². The lowest BCUT2D eigenvalue weighted by molar-refractivity contribution is -0.191. The number of nitrogens with one attached hydrogen (secondary N) is 1. The van der Waals surface area contributed by atoms with Crippen LogP contribution in [0.25, 0.3) is 0 Å². The summed E-state index contributed by atoms with van der Waals surface area (Å²) in [6, 6.07) is 2.37. The summed E-state index contributed by atoms with van der Waals surface area (Å²) in [6.45, 7) is 16.8. The van der Waals surface area contributed by atoms with Gasteiger partial charge in [-0.05, 0) is 30.0 Å². The third-order valence-electron chi connectivity index (χ3n) is 8.29. The molecule has 0 spiro atoms. The lowest BCUT2D eigenvalue weighted by Gasteiger charge is -2.42. The van der Waals surface area contributed by atoms with E-state index < -0.39 is 31.4 Å². The number of H-pyrrole nitrogens is 1. The smallest absolute Gasteiger partial charge is 0.373 e. The van der Waals surface area contributed by atoms with Gasteiger partial charge in [-0.1, -0.05) is 48.5 Å². The van der Waals surface area contributed by atoms with Crippen LogP contribution in [0.5, 0.6) is 0 Å². The van der Waals surface area contributed by atoms with Gasteiger partial charge in [-0.3, -0.25) is 14.4 Å². The Morgan fingerprint density at radius 1 is 0.872 bits per heavy atom. The van der Waals surface area contributed by atoms with Crippen molar-refractivity contribution >= 4 is 32.0 Å². The Bertz CT molecular complexity index is 1580. The lowest BCUT2D eigenvalue weighted by Crippen LogP contribution is -2.48. The molecule has 0 aliphatic carbocycles. The summed E-state index contributed by atoms with van der Waals surface area (Å²) in [6.07, 6.45) is 3.49. The fourth-order valence-electron chi connectivity index (χ4n) is 6.11. The second-order valence-corrected chi connectivity index (χ2v) is 17.8. The first kappa shape index (κ1) is 38.9. The number of aryl methyl sites for hydroxylation is 1. The van der Waals surface area contributed by atoms with Gasteiger partial charge in [0.2, 0.25) is 5.89 Å². The number of aromatic amines is 1. The van der Waals surface area contributed by atoms with Crippen molar-refractivity contribution in [3.8, 4) is 0 Å². The van der Waals surface area contributed by atoms with E-state index in [1.807, 2.05) is 6.92 Å². The summed E-state index contributed by atoms with van der Waals surface area (Å²) < 4.78 is 22.7. The predicted octanol–water partition coefficient (Wildman–Crippen LogP) is 6.18. The molecular weight excluding hydrogens is 626 g/mol. The van der Waals surface area contributed by atoms with Crippen LogP contribution in [0.1, 0.15) is 129 Å². The van der Waals surface area contributed by atoms with E-state index in [1.165, 1.54) is 31.8 Å². The molecule has 2 atom stereocenters. The van der Waals surface area contributed by atoms with Crippen LogP contribution in [-0.2, 0) is 18.8 Å². The number of rotatable bonds is 16. The number of carbonyl (C=O) groups excluding carboxylic acids is 5. The van der Waals surface area contributed by atoms with Gasteiger partial charge in [-0.2, -0.15) is 9.59 Å². The maximum absolute atomic E-state index is 13.7. The van der Waals surface area contributed by atoms with Gasteiger partial charge in [0.25, 0.3) is 0 Å². The first-order valence-electron chi connectivity index (χ1n) is 15.5. The number of ketones is 2. The number of carbonyl (C=O) groups is 3. The molecular formula is C33H45N3O10Si. The molecule has 3 aromatic heterocycles. The highest BCUT2D eigenvalue weighted by Gasteiger charge is 2.45. The van der Waals surface area contributed by atoms with Crippen molar-refractivity contribution in [2.75, 3.05) is 13.7 Å². The van der Waals surface area contributed by atoms with Gasteiger partial charge in [0.15, 0.2) is 36.9 Å². The number of hydrogen-bond acceptors (Lipinski definition) is 12. The van der Waals surface area contributed by atoms with Crippen molar-refractivity contribution in [3.63, 3.8) is 0 Å². The standard InChI is InChI=1S/C32H45N3O8Si.CO2/c1-10-22(30-33-21(8)15-41-30)11-28(37)25-13-24(36)14-26(34-25)29(38)12-23(31-35-27(17-42-31)32(39)40-9)16-43-44(18(2)3,19(4)5)20(6)7;2-1-3/h13-15,17-20,22-23H,10-12,16H2,1-9H3,(H,34,36);. The lowest BCUT2D eigenvalue weighted by atomic mass is 9.97. The molecule has 3 aromatic rings. The Labute approximate surface area is 275 Å². The van der Waals surface area contributed by atoms with Crippen LogP contribution < -0.4 is 5.43 Å². The maximum atomic E-state index is 13.7. The second kappa shape index (κ2) is 17.6. The maximum Gasteiger partial charge on any atom is 0.373 e. The van der Waals surface area contributed by atoms with E-state index in [0.29, 0.717) is 34.6 Å². The Morgan fingerprint density at radius 2 is 1.36 bits per heavy atom. The third kappa shape index (κ3) is 9.86. The monoisotopic (exact) mass is 671 g/mol. The quantitative estimate of drug-likeness (QED) is 0.104. The Kier molecular flexibility index (Phi) is 14.6. The zero-order valence-corrected chi connectivity index (χ0v) is 29.5. The van der Waals surface area contributed by atoms with Gasteiger partial charge >= 0.3 is 12.1 Å². The van der Waals surface area contributed by atoms with Crippen LogP contribution >= 0.6 is 0 Å². The number of aromatic nitrogens is 3. The Morgan fingerprint density at radius 3 is 1.81 bits per heavy atom. The van der Waals surface area contributed by atoms with Crippen molar-refractivity contribution in [2.24, 2.45) is 0 Å². The molecule has 0 amide bonds. The van der Waals surface area contributed by atoms with E-state index in [2.05, 4.69) is 56.5 Å². The summed E-state index contributed by atoms with van der Waals surface area (Å²) in [7, 11) is -1.10. The summed E-state index contributed by atoms with van der Waals surface area (Å²) in [4.78, 5) is 79.4. The number of methoxy groups -OCH3 is 1. The molecule has 14 heteroatoms. The van der Waals surface area contributed by atoms with Crippen LogP contribution in [0.15, 0.2) is 38.3 Å². The second-order valence-electron chi connectivity index (χ2n) is 12.3. The average Bonchev–Trinajstić information content (AvgIpc) is 3.68. The highest BCUT2D eigenvalue weighted by atomic mass is 28.4. The third-order valence-corrected chi connectivity index (χ3v) is 14.4. The summed E-state index contributed by atoms with van der Waals surface area (Å²) in [5.74, 6) is -1.76. The molecule has 0 aromatic carbocycles. The number of ether oxygens (including phenoxy) is 1. The number of hydrogen-bond donors (Lipinski definition) is 1. The SMILES string of the molecule is CCC(CC(=O)c1cc(=O)cc(C(=O)CC(CO[Si](C(C)C)(C(C)C)C(C)C)c2nc(C(=O)OC)co2)[nH]1)c1nc(C)co1.O=C=O. The minimum Gasteiger partial charge on any atom is -0.464 e. The van der Waals surface area contributed by atoms with Gasteiger partial charge in [-0.15, -0.1) is 0 Å². The topological polar surface area (TPSA) is 189 Å². The van der Waals surface area contributed by atoms with E-state index >= 15 is 0 Å². The molecule has 2 unspecified atom stereocenters. The minimum atomic E-state index is -2.34. The molecule has 0 saturated heterocycles. The van der Waals surface area contributed by atoms with Crippen molar-refractivity contribution in [3.05, 3.63) is 69.4 Å². The van der Waals surface area contributed by atoms with Crippen molar-refractivity contribution in [1.82, 2.24) is 15.0 Å². The highest BCUT2D eigenvalue weighted by Crippen LogP contribution is 2.43. The van der Waals surface area contributed by atoms with E-state index in [9.17, 15) is 19.2 Å². The van der Waals surface area contributed by atoms with Crippen LogP contribution in [0, 0.1) is 6.92 Å².